The van der Waals surface area contributed by atoms with Gasteiger partial charge in [0.25, 0.3) is 0 Å². The van der Waals surface area contributed by atoms with Gasteiger partial charge in [-0.1, -0.05) is 13.8 Å². The summed E-state index contributed by atoms with van der Waals surface area (Å²) in [5, 5.41) is 6.28. The van der Waals surface area contributed by atoms with Gasteiger partial charge in [-0.25, -0.2) is 0 Å². The Labute approximate surface area is 91.8 Å². The molecule has 0 bridgehead atoms. The predicted molar refractivity (Wildman–Crippen MR) is 59.7 cm³/mol. The van der Waals surface area contributed by atoms with Gasteiger partial charge in [0.05, 0.1) is 19.1 Å². The summed E-state index contributed by atoms with van der Waals surface area (Å²) < 4.78 is 5.34. The number of carbonyl (C=O) groups excluding carboxylic acids is 1. The second kappa shape index (κ2) is 6.08. The van der Waals surface area contributed by atoms with E-state index >= 15 is 0 Å². The predicted octanol–water partition coefficient (Wildman–Crippen LogP) is 0.526. The first-order valence-corrected chi connectivity index (χ1v) is 5.80. The van der Waals surface area contributed by atoms with Gasteiger partial charge in [-0.15, -0.1) is 0 Å². The highest BCUT2D eigenvalue weighted by Crippen LogP contribution is 2.14. The molecule has 0 aromatic carbocycles. The summed E-state index contributed by atoms with van der Waals surface area (Å²) in [6, 6.07) is 0.430. The summed E-state index contributed by atoms with van der Waals surface area (Å²) in [6.07, 6.45) is 0.963. The van der Waals surface area contributed by atoms with E-state index in [1.807, 2.05) is 13.8 Å². The van der Waals surface area contributed by atoms with Gasteiger partial charge in [0, 0.05) is 12.1 Å². The quantitative estimate of drug-likeness (QED) is 0.701. The van der Waals surface area contributed by atoms with Crippen LogP contribution in [0.2, 0.25) is 0 Å². The molecular weight excluding hydrogens is 192 g/mol. The van der Waals surface area contributed by atoms with Crippen molar-refractivity contribution in [2.45, 2.75) is 39.3 Å². The molecule has 15 heavy (non-hydrogen) atoms. The van der Waals surface area contributed by atoms with Crippen LogP contribution in [0.3, 0.4) is 0 Å². The zero-order chi connectivity index (χ0) is 11.3. The van der Waals surface area contributed by atoms with Gasteiger partial charge in [-0.3, -0.25) is 4.79 Å². The molecule has 0 aromatic rings. The summed E-state index contributed by atoms with van der Waals surface area (Å²) >= 11 is 0. The van der Waals surface area contributed by atoms with E-state index in [4.69, 9.17) is 4.74 Å². The van der Waals surface area contributed by atoms with E-state index in [-0.39, 0.29) is 23.9 Å². The van der Waals surface area contributed by atoms with Crippen molar-refractivity contribution in [3.8, 4) is 0 Å². The maximum Gasteiger partial charge on any atom is 0.227 e. The maximum absolute atomic E-state index is 11.9. The fourth-order valence-electron chi connectivity index (χ4n) is 1.73. The third-order valence-electron chi connectivity index (χ3n) is 2.88. The number of amides is 1. The van der Waals surface area contributed by atoms with Crippen LogP contribution < -0.4 is 10.6 Å². The van der Waals surface area contributed by atoms with Crippen molar-refractivity contribution < 1.29 is 9.53 Å². The van der Waals surface area contributed by atoms with E-state index < -0.39 is 0 Å². The van der Waals surface area contributed by atoms with Crippen molar-refractivity contribution >= 4 is 5.91 Å². The van der Waals surface area contributed by atoms with Crippen LogP contribution in [0.4, 0.5) is 0 Å². The highest BCUT2D eigenvalue weighted by molar-refractivity contribution is 5.80. The lowest BCUT2D eigenvalue weighted by molar-refractivity contribution is -0.126. The highest BCUT2D eigenvalue weighted by atomic mass is 16.5. The Morgan fingerprint density at radius 2 is 2.20 bits per heavy atom. The molecule has 2 N–H and O–H groups in total. The molecule has 1 amide bonds. The molecule has 3 unspecified atom stereocenters. The molecule has 1 rings (SSSR count). The third-order valence-corrected chi connectivity index (χ3v) is 2.88. The Hall–Kier alpha value is -0.610. The molecule has 0 aliphatic carbocycles. The van der Waals surface area contributed by atoms with E-state index in [0.29, 0.717) is 13.2 Å². The molecule has 0 saturated carbocycles. The standard InChI is InChI=1S/C11H22N2O2/c1-4-8(3)13-11(14)9-6-15-7-10(9)12-5-2/h8-10,12H,4-7H2,1-3H3,(H,13,14). The maximum atomic E-state index is 11.9. The lowest BCUT2D eigenvalue weighted by Crippen LogP contribution is -2.46. The number of rotatable bonds is 5. The number of hydrogen-bond acceptors (Lipinski definition) is 3. The Morgan fingerprint density at radius 3 is 2.80 bits per heavy atom. The molecular formula is C11H22N2O2. The number of nitrogens with one attached hydrogen (secondary N) is 2. The van der Waals surface area contributed by atoms with Crippen molar-refractivity contribution in [1.29, 1.82) is 0 Å². The summed E-state index contributed by atoms with van der Waals surface area (Å²) in [7, 11) is 0. The van der Waals surface area contributed by atoms with Crippen molar-refractivity contribution in [3.63, 3.8) is 0 Å². The molecule has 1 fully saturated rings. The van der Waals surface area contributed by atoms with Crippen molar-refractivity contribution in [1.82, 2.24) is 10.6 Å². The number of hydrogen-bond donors (Lipinski definition) is 2. The third kappa shape index (κ3) is 3.47. The first-order chi connectivity index (χ1) is 7.19. The Morgan fingerprint density at radius 1 is 1.47 bits per heavy atom. The first-order valence-electron chi connectivity index (χ1n) is 5.80. The van der Waals surface area contributed by atoms with E-state index in [2.05, 4.69) is 17.6 Å². The van der Waals surface area contributed by atoms with Crippen molar-refractivity contribution in [2.24, 2.45) is 5.92 Å². The van der Waals surface area contributed by atoms with Crippen LogP contribution in [-0.4, -0.2) is 37.7 Å². The van der Waals surface area contributed by atoms with Crippen LogP contribution in [0.15, 0.2) is 0 Å². The van der Waals surface area contributed by atoms with E-state index in [9.17, 15) is 4.79 Å². The van der Waals surface area contributed by atoms with E-state index in [1.54, 1.807) is 0 Å². The molecule has 1 saturated heterocycles. The second-order valence-electron chi connectivity index (χ2n) is 4.13. The van der Waals surface area contributed by atoms with Gasteiger partial charge in [-0.05, 0) is 19.9 Å². The smallest absolute Gasteiger partial charge is 0.227 e. The molecule has 1 aliphatic rings. The van der Waals surface area contributed by atoms with Crippen LogP contribution >= 0.6 is 0 Å². The largest absolute Gasteiger partial charge is 0.379 e. The Balaban J connectivity index is 2.43. The van der Waals surface area contributed by atoms with Crippen LogP contribution in [0, 0.1) is 5.92 Å². The van der Waals surface area contributed by atoms with Gasteiger partial charge in [-0.2, -0.15) is 0 Å². The molecule has 0 spiro atoms. The summed E-state index contributed by atoms with van der Waals surface area (Å²) in [5.74, 6) is 0.0896. The number of likely N-dealkylation sites (N-methyl/N-ethyl adjacent to an activating group) is 1. The molecule has 4 heteroatoms. The van der Waals surface area contributed by atoms with Crippen molar-refractivity contribution in [3.05, 3.63) is 0 Å². The zero-order valence-corrected chi connectivity index (χ0v) is 9.88. The van der Waals surface area contributed by atoms with Gasteiger partial charge in [0.1, 0.15) is 0 Å². The van der Waals surface area contributed by atoms with E-state index in [1.165, 1.54) is 0 Å². The van der Waals surface area contributed by atoms with Crippen LogP contribution in [0.1, 0.15) is 27.2 Å². The fourth-order valence-corrected chi connectivity index (χ4v) is 1.73. The molecule has 3 atom stereocenters. The summed E-state index contributed by atoms with van der Waals surface area (Å²) in [5.41, 5.74) is 0. The zero-order valence-electron chi connectivity index (χ0n) is 9.88. The van der Waals surface area contributed by atoms with Crippen molar-refractivity contribution in [2.75, 3.05) is 19.8 Å². The Bertz CT molecular complexity index is 209. The van der Waals surface area contributed by atoms with Gasteiger partial charge < -0.3 is 15.4 Å². The van der Waals surface area contributed by atoms with Gasteiger partial charge in [0.15, 0.2) is 0 Å². The average molecular weight is 214 g/mol. The lowest BCUT2D eigenvalue weighted by Gasteiger charge is -2.20. The molecule has 0 radical (unpaired) electrons. The normalized spacial score (nSPS) is 27.7. The van der Waals surface area contributed by atoms with Crippen LogP contribution in [0.25, 0.3) is 0 Å². The monoisotopic (exact) mass is 214 g/mol. The van der Waals surface area contributed by atoms with E-state index in [0.717, 1.165) is 13.0 Å². The molecule has 88 valence electrons. The molecule has 4 nitrogen and oxygen atoms in total. The lowest BCUT2D eigenvalue weighted by atomic mass is 10.0. The van der Waals surface area contributed by atoms with Gasteiger partial charge in [0.2, 0.25) is 5.91 Å². The molecule has 0 aromatic heterocycles. The molecule has 1 heterocycles. The SMILES string of the molecule is CCNC1COCC1C(=O)NC(C)CC. The topological polar surface area (TPSA) is 50.4 Å². The number of ether oxygens (including phenoxy) is 1. The molecule has 1 aliphatic heterocycles. The van der Waals surface area contributed by atoms with Crippen LogP contribution in [0.5, 0.6) is 0 Å². The first kappa shape index (κ1) is 12.5. The minimum Gasteiger partial charge on any atom is -0.379 e. The van der Waals surface area contributed by atoms with Crippen LogP contribution in [-0.2, 0) is 9.53 Å². The summed E-state index contributed by atoms with van der Waals surface area (Å²) in [6.45, 7) is 8.20. The fraction of sp³-hybridized carbons (Fsp3) is 0.909. The minimum absolute atomic E-state index is 0.0288. The Kier molecular flexibility index (Phi) is 5.05. The summed E-state index contributed by atoms with van der Waals surface area (Å²) in [4.78, 5) is 11.9. The minimum atomic E-state index is -0.0288. The number of carbonyl (C=O) groups is 1. The second-order valence-corrected chi connectivity index (χ2v) is 4.13. The average Bonchev–Trinajstić information content (AvgIpc) is 2.66. The highest BCUT2D eigenvalue weighted by Gasteiger charge is 2.33. The van der Waals surface area contributed by atoms with Gasteiger partial charge >= 0.3 is 0 Å².